The Balaban J connectivity index is 3.72. The van der Waals surface area contributed by atoms with Gasteiger partial charge in [-0.1, -0.05) is 0 Å². The molecule has 0 aromatic rings. The number of ether oxygens (including phenoxy) is 1. The smallest absolute Gasteiger partial charge is 0.316 e. The van der Waals surface area contributed by atoms with Gasteiger partial charge in [0.2, 0.25) is 4.74 Å². The fourth-order valence-electron chi connectivity index (χ4n) is 0.0772. The lowest BCUT2D eigenvalue weighted by molar-refractivity contribution is 0.193. The highest BCUT2D eigenvalue weighted by Crippen LogP contribution is 2.13. The Morgan fingerprint density at radius 2 is 2.00 bits per heavy atom. The molecule has 0 atom stereocenters. The van der Waals surface area contributed by atoms with Crippen molar-refractivity contribution >= 4 is 15.9 Å². The normalized spacial score (nSPS) is 13.1. The molecule has 0 N–H and O–H groups in total. The first-order chi connectivity index (χ1) is 3.18. The minimum atomic E-state index is -1.24. The zero-order valence-electron chi connectivity index (χ0n) is 3.54. The zero-order chi connectivity index (χ0) is 5.86. The van der Waals surface area contributed by atoms with Crippen LogP contribution in [0.4, 0.5) is 8.78 Å². The van der Waals surface area contributed by atoms with Crippen molar-refractivity contribution in [2.75, 3.05) is 7.11 Å². The molecule has 0 unspecified atom stereocenters. The average Bonchev–Trinajstić information content (AvgIpc) is 1.65. The maximum Gasteiger partial charge on any atom is 0.316 e. The largest absolute Gasteiger partial charge is 0.472 e. The van der Waals surface area contributed by atoms with Crippen molar-refractivity contribution in [3.63, 3.8) is 0 Å². The third-order valence-corrected chi connectivity index (χ3v) is 0.640. The van der Waals surface area contributed by atoms with Gasteiger partial charge in [-0.3, -0.25) is 0 Å². The van der Waals surface area contributed by atoms with Crippen LogP contribution < -0.4 is 0 Å². The summed E-state index contributed by atoms with van der Waals surface area (Å²) in [7, 11) is 1.04. The summed E-state index contributed by atoms with van der Waals surface area (Å²) in [6.07, 6.45) is 0. The van der Waals surface area contributed by atoms with Gasteiger partial charge in [0, 0.05) is 0 Å². The maximum absolute atomic E-state index is 11.5. The topological polar surface area (TPSA) is 9.23 Å². The monoisotopic (exact) mass is 172 g/mol. The first kappa shape index (κ1) is 6.88. The fraction of sp³-hybridized carbons (Fsp3) is 0.333. The Kier molecular flexibility index (Phi) is 2.91. The van der Waals surface area contributed by atoms with Gasteiger partial charge < -0.3 is 4.74 Å². The van der Waals surface area contributed by atoms with Gasteiger partial charge in [0.05, 0.1) is 7.11 Å². The molecule has 0 aliphatic carbocycles. The Labute approximate surface area is 48.1 Å². The van der Waals surface area contributed by atoms with E-state index in [0.29, 0.717) is 0 Å². The Morgan fingerprint density at radius 3 is 2.00 bits per heavy atom. The van der Waals surface area contributed by atoms with E-state index in [9.17, 15) is 8.78 Å². The van der Waals surface area contributed by atoms with Crippen molar-refractivity contribution in [1.29, 1.82) is 0 Å². The summed E-state index contributed by atoms with van der Waals surface area (Å²) in [5.74, 6) is 0. The van der Waals surface area contributed by atoms with Gasteiger partial charge in [0.25, 0.3) is 0 Å². The van der Waals surface area contributed by atoms with E-state index in [1.54, 1.807) is 0 Å². The van der Waals surface area contributed by atoms with Gasteiger partial charge in [-0.05, 0) is 15.9 Å². The van der Waals surface area contributed by atoms with Gasteiger partial charge in [0.1, 0.15) is 0 Å². The second-order valence-corrected chi connectivity index (χ2v) is 1.43. The number of rotatable bonds is 1. The van der Waals surface area contributed by atoms with E-state index in [4.69, 9.17) is 0 Å². The highest BCUT2D eigenvalue weighted by atomic mass is 79.9. The summed E-state index contributed by atoms with van der Waals surface area (Å²) in [5.41, 5.74) is 0. The van der Waals surface area contributed by atoms with Crippen LogP contribution in [0, 0.1) is 0 Å². The molecule has 0 spiro atoms. The molecule has 0 aliphatic rings. The standard InChI is InChI=1S/C3H3BrF2O/c1-7-3(6)2(4)5/h1H3. The summed E-state index contributed by atoms with van der Waals surface area (Å²) in [4.78, 5) is 0. The van der Waals surface area contributed by atoms with E-state index in [1.165, 1.54) is 0 Å². The van der Waals surface area contributed by atoms with Crippen LogP contribution in [0.25, 0.3) is 0 Å². The van der Waals surface area contributed by atoms with Crippen LogP contribution in [0.5, 0.6) is 0 Å². The molecule has 7 heavy (non-hydrogen) atoms. The van der Waals surface area contributed by atoms with Gasteiger partial charge in [-0.2, -0.15) is 8.78 Å². The van der Waals surface area contributed by atoms with Crippen LogP contribution >= 0.6 is 15.9 Å². The molecule has 0 aliphatic heterocycles. The number of methoxy groups -OCH3 is 1. The molecular formula is C3H3BrF2O. The molecule has 0 bridgehead atoms. The van der Waals surface area contributed by atoms with Crippen molar-refractivity contribution < 1.29 is 13.5 Å². The van der Waals surface area contributed by atoms with Crippen LogP contribution in [0.15, 0.2) is 10.7 Å². The third-order valence-electron chi connectivity index (χ3n) is 0.328. The highest BCUT2D eigenvalue weighted by molar-refractivity contribution is 9.11. The summed E-state index contributed by atoms with van der Waals surface area (Å²) in [6.45, 7) is 0. The van der Waals surface area contributed by atoms with Crippen molar-refractivity contribution in [2.45, 2.75) is 0 Å². The Bertz CT molecular complexity index is 86.9. The van der Waals surface area contributed by atoms with E-state index < -0.39 is 10.7 Å². The van der Waals surface area contributed by atoms with Crippen molar-refractivity contribution in [2.24, 2.45) is 0 Å². The van der Waals surface area contributed by atoms with E-state index >= 15 is 0 Å². The molecule has 0 heterocycles. The third kappa shape index (κ3) is 2.56. The average molecular weight is 173 g/mol. The lowest BCUT2D eigenvalue weighted by Gasteiger charge is -1.88. The first-order valence-electron chi connectivity index (χ1n) is 1.43. The summed E-state index contributed by atoms with van der Waals surface area (Å²) < 4.78 is 25.6. The Morgan fingerprint density at radius 1 is 1.57 bits per heavy atom. The molecular weight excluding hydrogens is 170 g/mol. The van der Waals surface area contributed by atoms with Crippen LogP contribution in [0.2, 0.25) is 0 Å². The molecule has 0 aromatic carbocycles. The summed E-state index contributed by atoms with van der Waals surface area (Å²) in [5, 5.41) is 0. The van der Waals surface area contributed by atoms with Crippen molar-refractivity contribution in [3.8, 4) is 0 Å². The summed E-state index contributed by atoms with van der Waals surface area (Å²) >= 11 is 2.21. The molecule has 0 radical (unpaired) electrons. The van der Waals surface area contributed by atoms with Crippen LogP contribution in [-0.2, 0) is 4.74 Å². The fourth-order valence-corrected chi connectivity index (χ4v) is 0.239. The molecule has 0 aromatic heterocycles. The number of hydrogen-bond donors (Lipinski definition) is 0. The molecule has 0 saturated heterocycles. The minimum absolute atomic E-state index is 1.04. The molecule has 0 fully saturated rings. The number of hydrogen-bond acceptors (Lipinski definition) is 1. The van der Waals surface area contributed by atoms with Gasteiger partial charge in [-0.25, -0.2) is 0 Å². The van der Waals surface area contributed by atoms with E-state index in [0.717, 1.165) is 7.11 Å². The van der Waals surface area contributed by atoms with Crippen LogP contribution in [0.3, 0.4) is 0 Å². The minimum Gasteiger partial charge on any atom is -0.472 e. The molecule has 4 heteroatoms. The van der Waals surface area contributed by atoms with E-state index in [1.807, 2.05) is 0 Å². The van der Waals surface area contributed by atoms with Crippen LogP contribution in [0.1, 0.15) is 0 Å². The first-order valence-corrected chi connectivity index (χ1v) is 2.22. The van der Waals surface area contributed by atoms with Crippen LogP contribution in [-0.4, -0.2) is 7.11 Å². The van der Waals surface area contributed by atoms with Gasteiger partial charge in [0.15, 0.2) is 0 Å². The summed E-state index contributed by atoms with van der Waals surface area (Å²) in [6, 6.07) is -1.24. The highest BCUT2D eigenvalue weighted by Gasteiger charge is 1.97. The quantitative estimate of drug-likeness (QED) is 0.551. The second-order valence-electron chi connectivity index (χ2n) is 0.738. The predicted molar refractivity (Wildman–Crippen MR) is 25.2 cm³/mol. The molecule has 0 saturated carbocycles. The molecule has 1 nitrogen and oxygen atoms in total. The SMILES string of the molecule is COC(F)=C(F)Br. The second kappa shape index (κ2) is 2.96. The molecule has 42 valence electrons. The van der Waals surface area contributed by atoms with Crippen molar-refractivity contribution in [3.05, 3.63) is 10.7 Å². The van der Waals surface area contributed by atoms with E-state index in [2.05, 4.69) is 20.7 Å². The van der Waals surface area contributed by atoms with Gasteiger partial charge in [-0.15, -0.1) is 0 Å². The Hall–Kier alpha value is -0.120. The van der Waals surface area contributed by atoms with E-state index in [-0.39, 0.29) is 0 Å². The number of halogens is 3. The van der Waals surface area contributed by atoms with Crippen molar-refractivity contribution in [1.82, 2.24) is 0 Å². The molecule has 0 amide bonds. The predicted octanol–water partition coefficient (Wildman–Crippen LogP) is 2.09. The molecule has 0 rings (SSSR count). The lowest BCUT2D eigenvalue weighted by atomic mass is 11.0. The maximum atomic E-state index is 11.5. The lowest BCUT2D eigenvalue weighted by Crippen LogP contribution is -1.75. The van der Waals surface area contributed by atoms with Gasteiger partial charge >= 0.3 is 6.01 Å². The zero-order valence-corrected chi connectivity index (χ0v) is 5.13.